The Morgan fingerprint density at radius 3 is 2.79 bits per heavy atom. The molecule has 1 aliphatic heterocycles. The van der Waals surface area contributed by atoms with Gasteiger partial charge in [-0.15, -0.1) is 0 Å². The number of fused-ring (bicyclic) bond motifs is 1. The van der Waals surface area contributed by atoms with E-state index in [1.165, 1.54) is 0 Å². The van der Waals surface area contributed by atoms with Gasteiger partial charge in [0.1, 0.15) is 0 Å². The van der Waals surface area contributed by atoms with Crippen LogP contribution in [-0.2, 0) is 6.54 Å². The lowest BCUT2D eigenvalue weighted by Gasteiger charge is -2.35. The van der Waals surface area contributed by atoms with Crippen molar-refractivity contribution >= 4 is 6.03 Å². The van der Waals surface area contributed by atoms with Crippen LogP contribution in [0.4, 0.5) is 4.79 Å². The van der Waals surface area contributed by atoms with E-state index in [2.05, 4.69) is 28.8 Å². The smallest absolute Gasteiger partial charge is 0.319 e. The van der Waals surface area contributed by atoms with Crippen molar-refractivity contribution in [2.45, 2.75) is 19.0 Å². The van der Waals surface area contributed by atoms with Crippen LogP contribution < -0.4 is 0 Å². The maximum absolute atomic E-state index is 12.1. The number of hydrogen-bond donors (Lipinski definition) is 0. The molecule has 0 aliphatic carbocycles. The molecule has 1 aromatic heterocycles. The van der Waals surface area contributed by atoms with Crippen molar-refractivity contribution < 1.29 is 4.79 Å². The van der Waals surface area contributed by atoms with Crippen molar-refractivity contribution in [1.82, 2.24) is 24.5 Å². The van der Waals surface area contributed by atoms with Gasteiger partial charge in [-0.1, -0.05) is 0 Å². The molecule has 0 fully saturated rings. The molecule has 1 atom stereocenters. The molecule has 0 aromatic carbocycles. The first kappa shape index (κ1) is 13.9. The summed E-state index contributed by atoms with van der Waals surface area (Å²) < 4.78 is 2.07. The van der Waals surface area contributed by atoms with Crippen LogP contribution in [0.1, 0.15) is 18.2 Å². The number of carbonyl (C=O) groups excluding carboxylic acids is 1. The molecular weight excluding hydrogens is 242 g/mol. The van der Waals surface area contributed by atoms with Crippen LogP contribution in [-0.4, -0.2) is 71.8 Å². The summed E-state index contributed by atoms with van der Waals surface area (Å²) in [7, 11) is 7.72. The minimum atomic E-state index is 0.0716. The van der Waals surface area contributed by atoms with Gasteiger partial charge in [-0.2, -0.15) is 5.10 Å². The van der Waals surface area contributed by atoms with Gasteiger partial charge in [0.25, 0.3) is 0 Å². The maximum atomic E-state index is 12.1. The van der Waals surface area contributed by atoms with Crippen LogP contribution in [0.15, 0.2) is 12.3 Å². The summed E-state index contributed by atoms with van der Waals surface area (Å²) in [6.07, 6.45) is 2.82. The normalized spacial score (nSPS) is 18.6. The van der Waals surface area contributed by atoms with Crippen LogP contribution in [0.25, 0.3) is 0 Å². The molecule has 0 radical (unpaired) electrons. The summed E-state index contributed by atoms with van der Waals surface area (Å²) in [6, 6.07) is 2.34. The molecule has 0 bridgehead atoms. The summed E-state index contributed by atoms with van der Waals surface area (Å²) >= 11 is 0. The van der Waals surface area contributed by atoms with Crippen LogP contribution >= 0.6 is 0 Å². The zero-order valence-corrected chi connectivity index (χ0v) is 12.2. The van der Waals surface area contributed by atoms with Crippen LogP contribution in [0.2, 0.25) is 0 Å². The van der Waals surface area contributed by atoms with E-state index in [9.17, 15) is 4.79 Å². The Labute approximate surface area is 114 Å². The van der Waals surface area contributed by atoms with Gasteiger partial charge in [-0.25, -0.2) is 4.79 Å². The van der Waals surface area contributed by atoms with Gasteiger partial charge < -0.3 is 14.7 Å². The first-order valence-electron chi connectivity index (χ1n) is 6.62. The second-order valence-electron chi connectivity index (χ2n) is 5.57. The topological polar surface area (TPSA) is 44.6 Å². The van der Waals surface area contributed by atoms with Crippen molar-refractivity contribution in [2.75, 3.05) is 41.3 Å². The van der Waals surface area contributed by atoms with E-state index in [1.54, 1.807) is 19.0 Å². The predicted octanol–water partition coefficient (Wildman–Crippen LogP) is 0.873. The highest BCUT2D eigenvalue weighted by Crippen LogP contribution is 2.23. The minimum absolute atomic E-state index is 0.0716. The second kappa shape index (κ2) is 5.61. The van der Waals surface area contributed by atoms with Gasteiger partial charge in [0.15, 0.2) is 0 Å². The third-order valence-corrected chi connectivity index (χ3v) is 3.44. The average Bonchev–Trinajstić information content (AvgIpc) is 2.82. The van der Waals surface area contributed by atoms with E-state index in [1.807, 2.05) is 17.2 Å². The Morgan fingerprint density at radius 1 is 1.42 bits per heavy atom. The van der Waals surface area contributed by atoms with E-state index in [0.29, 0.717) is 6.54 Å². The molecule has 19 heavy (non-hydrogen) atoms. The first-order chi connectivity index (χ1) is 8.99. The first-order valence-corrected chi connectivity index (χ1v) is 6.62. The second-order valence-corrected chi connectivity index (χ2v) is 5.57. The number of carbonyl (C=O) groups is 1. The molecule has 2 rings (SSSR count). The van der Waals surface area contributed by atoms with Gasteiger partial charge in [-0.05, 0) is 33.1 Å². The largest absolute Gasteiger partial charge is 0.331 e. The lowest BCUT2D eigenvalue weighted by Crippen LogP contribution is -2.46. The fourth-order valence-corrected chi connectivity index (χ4v) is 2.44. The molecule has 1 aromatic rings. The molecule has 0 spiro atoms. The van der Waals surface area contributed by atoms with Crippen LogP contribution in [0.5, 0.6) is 0 Å². The van der Waals surface area contributed by atoms with Crippen molar-refractivity contribution in [3.63, 3.8) is 0 Å². The van der Waals surface area contributed by atoms with Crippen LogP contribution in [0.3, 0.4) is 0 Å². The minimum Gasteiger partial charge on any atom is -0.331 e. The van der Waals surface area contributed by atoms with Gasteiger partial charge in [-0.3, -0.25) is 4.68 Å². The third kappa shape index (κ3) is 3.07. The summed E-state index contributed by atoms with van der Waals surface area (Å²) in [5.41, 5.74) is 1.12. The Hall–Kier alpha value is -1.56. The fraction of sp³-hybridized carbons (Fsp3) is 0.692. The SMILES string of the molecule is CN(C)CC[C@H]1CN(C(=O)N(C)C)Cc2ccnn21. The van der Waals surface area contributed by atoms with Crippen molar-refractivity contribution in [3.05, 3.63) is 18.0 Å². The molecule has 6 nitrogen and oxygen atoms in total. The number of aromatic nitrogens is 2. The molecule has 0 unspecified atom stereocenters. The lowest BCUT2D eigenvalue weighted by molar-refractivity contribution is 0.137. The van der Waals surface area contributed by atoms with Gasteiger partial charge in [0.05, 0.1) is 18.3 Å². The van der Waals surface area contributed by atoms with E-state index < -0.39 is 0 Å². The number of hydrogen-bond acceptors (Lipinski definition) is 3. The number of nitrogens with zero attached hydrogens (tertiary/aromatic N) is 5. The highest BCUT2D eigenvalue weighted by molar-refractivity contribution is 5.74. The van der Waals surface area contributed by atoms with Crippen molar-refractivity contribution in [2.24, 2.45) is 0 Å². The van der Waals surface area contributed by atoms with Crippen molar-refractivity contribution in [1.29, 1.82) is 0 Å². The average molecular weight is 265 g/mol. The van der Waals surface area contributed by atoms with E-state index in [-0.39, 0.29) is 12.1 Å². The molecule has 106 valence electrons. The molecular formula is C13H23N5O. The van der Waals surface area contributed by atoms with E-state index in [0.717, 1.165) is 25.2 Å². The van der Waals surface area contributed by atoms with E-state index in [4.69, 9.17) is 0 Å². The summed E-state index contributed by atoms with van der Waals surface area (Å²) in [5, 5.41) is 4.40. The summed E-state index contributed by atoms with van der Waals surface area (Å²) in [4.78, 5) is 17.8. The molecule has 1 aliphatic rings. The van der Waals surface area contributed by atoms with Crippen molar-refractivity contribution in [3.8, 4) is 0 Å². The van der Waals surface area contributed by atoms with E-state index >= 15 is 0 Å². The van der Waals surface area contributed by atoms with Gasteiger partial charge >= 0.3 is 6.03 Å². The predicted molar refractivity (Wildman–Crippen MR) is 73.9 cm³/mol. The molecule has 0 saturated carbocycles. The molecule has 6 heteroatoms. The Bertz CT molecular complexity index is 440. The number of urea groups is 1. The molecule has 2 heterocycles. The van der Waals surface area contributed by atoms with Gasteiger partial charge in [0.2, 0.25) is 0 Å². The highest BCUT2D eigenvalue weighted by Gasteiger charge is 2.28. The number of amides is 2. The monoisotopic (exact) mass is 265 g/mol. The highest BCUT2D eigenvalue weighted by atomic mass is 16.2. The maximum Gasteiger partial charge on any atom is 0.319 e. The Balaban J connectivity index is 2.13. The molecule has 0 N–H and O–H groups in total. The quantitative estimate of drug-likeness (QED) is 0.814. The molecule has 0 saturated heterocycles. The zero-order chi connectivity index (χ0) is 14.0. The number of rotatable bonds is 3. The third-order valence-electron chi connectivity index (χ3n) is 3.44. The Kier molecular flexibility index (Phi) is 4.09. The summed E-state index contributed by atoms with van der Waals surface area (Å²) in [5.74, 6) is 0. The van der Waals surface area contributed by atoms with Gasteiger partial charge in [0, 0.05) is 26.8 Å². The molecule has 2 amide bonds. The van der Waals surface area contributed by atoms with Crippen LogP contribution in [0, 0.1) is 0 Å². The fourth-order valence-electron chi connectivity index (χ4n) is 2.44. The standard InChI is InChI=1S/C13H23N5O/c1-15(2)8-6-12-10-17(13(19)16(3)4)9-11-5-7-14-18(11)12/h5,7,12H,6,8-10H2,1-4H3/t12-/m0/s1. The zero-order valence-electron chi connectivity index (χ0n) is 12.2. The Morgan fingerprint density at radius 2 is 2.16 bits per heavy atom. The summed E-state index contributed by atoms with van der Waals surface area (Å²) in [6.45, 7) is 2.38. The lowest BCUT2D eigenvalue weighted by atomic mass is 10.1.